The fraction of sp³-hybridized carbons (Fsp3) is 0.0811. The molecule has 3 heteroatoms. The van der Waals surface area contributed by atoms with Gasteiger partial charge in [-0.05, 0) is 66.9 Å². The Kier molecular flexibility index (Phi) is 4.56. The first-order valence-electron chi connectivity index (χ1n) is 14.0. The Balaban J connectivity index is 1.36. The van der Waals surface area contributed by atoms with Gasteiger partial charge in [0.1, 0.15) is 0 Å². The standard InChI is InChI=1S/C37H26N2S/c1-23-15-17-27-29-20-25(16-18-33(29)38(34(27)19-23)24-9-3-2-4-10-24)39-32-13-7-5-11-26(32)30-21-31-28-12-6-8-14-36(28)40-37(31)22-35(30)39/h2-18,20-23H,19H2,1H3. The molecule has 1 aliphatic rings. The van der Waals surface area contributed by atoms with Crippen LogP contribution in [0.5, 0.6) is 0 Å². The zero-order valence-electron chi connectivity index (χ0n) is 22.1. The molecule has 5 aromatic carbocycles. The number of fused-ring (bicyclic) bond motifs is 9. The van der Waals surface area contributed by atoms with Crippen LogP contribution in [0.1, 0.15) is 18.2 Å². The molecule has 3 aromatic heterocycles. The van der Waals surface area contributed by atoms with Gasteiger partial charge in [-0.3, -0.25) is 0 Å². The molecular weight excluding hydrogens is 504 g/mol. The number of hydrogen-bond acceptors (Lipinski definition) is 1. The molecule has 1 unspecified atom stereocenters. The molecule has 1 aliphatic carbocycles. The predicted octanol–water partition coefficient (Wildman–Crippen LogP) is 10.3. The van der Waals surface area contributed by atoms with Crippen LogP contribution in [0.3, 0.4) is 0 Å². The molecule has 8 aromatic rings. The van der Waals surface area contributed by atoms with Gasteiger partial charge in [0.2, 0.25) is 0 Å². The average Bonchev–Trinajstić information content (AvgIpc) is 3.63. The lowest BCUT2D eigenvalue weighted by molar-refractivity contribution is 0.690. The van der Waals surface area contributed by atoms with Gasteiger partial charge < -0.3 is 9.13 Å². The number of allylic oxidation sites excluding steroid dienone is 1. The third-order valence-electron chi connectivity index (χ3n) is 8.64. The number of nitrogens with zero attached hydrogens (tertiary/aromatic N) is 2. The van der Waals surface area contributed by atoms with Crippen LogP contribution in [0, 0.1) is 5.92 Å². The Morgan fingerprint density at radius 3 is 2.25 bits per heavy atom. The lowest BCUT2D eigenvalue weighted by Gasteiger charge is -2.17. The van der Waals surface area contributed by atoms with E-state index in [1.54, 1.807) is 0 Å². The summed E-state index contributed by atoms with van der Waals surface area (Å²) in [6, 6.07) is 40.3. The fourth-order valence-electron chi connectivity index (χ4n) is 6.85. The Morgan fingerprint density at radius 2 is 1.35 bits per heavy atom. The minimum absolute atomic E-state index is 0.528. The minimum Gasteiger partial charge on any atom is -0.313 e. The maximum absolute atomic E-state index is 2.47. The van der Waals surface area contributed by atoms with E-state index >= 15 is 0 Å². The summed E-state index contributed by atoms with van der Waals surface area (Å²) in [5, 5.41) is 6.61. The summed E-state index contributed by atoms with van der Waals surface area (Å²) in [6.07, 6.45) is 5.76. The lowest BCUT2D eigenvalue weighted by Crippen LogP contribution is -2.08. The predicted molar refractivity (Wildman–Crippen MR) is 172 cm³/mol. The van der Waals surface area contributed by atoms with Crippen molar-refractivity contribution in [3.63, 3.8) is 0 Å². The zero-order valence-corrected chi connectivity index (χ0v) is 23.0. The molecule has 0 saturated carbocycles. The topological polar surface area (TPSA) is 9.86 Å². The van der Waals surface area contributed by atoms with Crippen LogP contribution in [0.4, 0.5) is 0 Å². The van der Waals surface area contributed by atoms with E-state index < -0.39 is 0 Å². The molecule has 0 saturated heterocycles. The molecule has 0 amide bonds. The van der Waals surface area contributed by atoms with Gasteiger partial charge in [-0.2, -0.15) is 0 Å². The van der Waals surface area contributed by atoms with Crippen molar-refractivity contribution in [1.29, 1.82) is 0 Å². The second kappa shape index (κ2) is 8.20. The Labute approximate surface area is 236 Å². The Morgan fingerprint density at radius 1 is 0.575 bits per heavy atom. The molecule has 0 aliphatic heterocycles. The summed E-state index contributed by atoms with van der Waals surface area (Å²) in [5.74, 6) is 0.528. The summed E-state index contributed by atoms with van der Waals surface area (Å²) in [5.41, 5.74) is 8.98. The number of para-hydroxylation sites is 2. The summed E-state index contributed by atoms with van der Waals surface area (Å²) in [6.45, 7) is 2.31. The average molecular weight is 531 g/mol. The zero-order chi connectivity index (χ0) is 26.4. The van der Waals surface area contributed by atoms with Crippen LogP contribution in [0.25, 0.3) is 70.3 Å². The van der Waals surface area contributed by atoms with Crippen LogP contribution < -0.4 is 0 Å². The van der Waals surface area contributed by atoms with E-state index in [0.29, 0.717) is 5.92 Å². The van der Waals surface area contributed by atoms with E-state index in [2.05, 4.69) is 137 Å². The van der Waals surface area contributed by atoms with Gasteiger partial charge in [-0.25, -0.2) is 0 Å². The van der Waals surface area contributed by atoms with Crippen LogP contribution in [-0.2, 0) is 6.42 Å². The van der Waals surface area contributed by atoms with Gasteiger partial charge in [0, 0.05) is 59.0 Å². The number of aromatic nitrogens is 2. The van der Waals surface area contributed by atoms with Gasteiger partial charge in [-0.1, -0.05) is 73.7 Å². The summed E-state index contributed by atoms with van der Waals surface area (Å²) in [4.78, 5) is 0. The number of benzene rings is 5. The van der Waals surface area contributed by atoms with Gasteiger partial charge in [0.05, 0.1) is 16.6 Å². The van der Waals surface area contributed by atoms with Crippen molar-refractivity contribution in [3.05, 3.63) is 127 Å². The molecular formula is C37H26N2S. The molecule has 2 nitrogen and oxygen atoms in total. The first-order valence-corrected chi connectivity index (χ1v) is 14.8. The SMILES string of the molecule is CC1C=Cc2c(n(-c3ccccc3)c3ccc(-n4c5ccccc5c5cc6c(cc54)sc4ccccc46)cc23)C1. The molecule has 3 heterocycles. The number of hydrogen-bond donors (Lipinski definition) is 0. The van der Waals surface area contributed by atoms with E-state index in [0.717, 1.165) is 6.42 Å². The first kappa shape index (κ1) is 22.2. The van der Waals surface area contributed by atoms with Gasteiger partial charge >= 0.3 is 0 Å². The normalized spacial score (nSPS) is 15.2. The molecule has 0 bridgehead atoms. The van der Waals surface area contributed by atoms with Crippen molar-refractivity contribution >= 4 is 70.3 Å². The molecule has 0 radical (unpaired) electrons. The maximum Gasteiger partial charge on any atom is 0.0555 e. The third kappa shape index (κ3) is 3.04. The van der Waals surface area contributed by atoms with Gasteiger partial charge in [0.25, 0.3) is 0 Å². The highest BCUT2D eigenvalue weighted by atomic mass is 32.1. The first-order chi connectivity index (χ1) is 19.7. The highest BCUT2D eigenvalue weighted by molar-refractivity contribution is 7.25. The summed E-state index contributed by atoms with van der Waals surface area (Å²) >= 11 is 1.89. The van der Waals surface area contributed by atoms with E-state index in [-0.39, 0.29) is 0 Å². The third-order valence-corrected chi connectivity index (χ3v) is 9.78. The van der Waals surface area contributed by atoms with Crippen molar-refractivity contribution in [1.82, 2.24) is 9.13 Å². The number of thiophene rings is 1. The summed E-state index contributed by atoms with van der Waals surface area (Å²) < 4.78 is 7.62. The molecule has 1 atom stereocenters. The second-order valence-corrected chi connectivity index (χ2v) is 12.2. The van der Waals surface area contributed by atoms with Crippen molar-refractivity contribution in [2.45, 2.75) is 13.3 Å². The fourth-order valence-corrected chi connectivity index (χ4v) is 7.97. The Bertz CT molecular complexity index is 2310. The number of rotatable bonds is 2. The van der Waals surface area contributed by atoms with Crippen LogP contribution >= 0.6 is 11.3 Å². The minimum atomic E-state index is 0.528. The largest absolute Gasteiger partial charge is 0.313 e. The van der Waals surface area contributed by atoms with E-state index in [1.807, 2.05) is 11.3 Å². The molecule has 0 fully saturated rings. The van der Waals surface area contributed by atoms with E-state index in [9.17, 15) is 0 Å². The van der Waals surface area contributed by atoms with Gasteiger partial charge in [-0.15, -0.1) is 11.3 Å². The molecule has 40 heavy (non-hydrogen) atoms. The smallest absolute Gasteiger partial charge is 0.0555 e. The van der Waals surface area contributed by atoms with Crippen LogP contribution in [0.2, 0.25) is 0 Å². The van der Waals surface area contributed by atoms with Crippen LogP contribution in [0.15, 0.2) is 115 Å². The van der Waals surface area contributed by atoms with Crippen molar-refractivity contribution in [2.75, 3.05) is 0 Å². The van der Waals surface area contributed by atoms with E-state index in [1.165, 1.54) is 75.5 Å². The molecule has 0 N–H and O–H groups in total. The van der Waals surface area contributed by atoms with Gasteiger partial charge in [0.15, 0.2) is 0 Å². The highest BCUT2D eigenvalue weighted by Gasteiger charge is 2.22. The van der Waals surface area contributed by atoms with Crippen molar-refractivity contribution < 1.29 is 0 Å². The monoisotopic (exact) mass is 530 g/mol. The highest BCUT2D eigenvalue weighted by Crippen LogP contribution is 2.42. The summed E-state index contributed by atoms with van der Waals surface area (Å²) in [7, 11) is 0. The molecule has 0 spiro atoms. The quantitative estimate of drug-likeness (QED) is 0.210. The molecule has 9 rings (SSSR count). The maximum atomic E-state index is 2.47. The second-order valence-electron chi connectivity index (χ2n) is 11.1. The van der Waals surface area contributed by atoms with Crippen molar-refractivity contribution in [2.24, 2.45) is 5.92 Å². The van der Waals surface area contributed by atoms with E-state index in [4.69, 9.17) is 0 Å². The van der Waals surface area contributed by atoms with Crippen LogP contribution in [-0.4, -0.2) is 9.13 Å². The lowest BCUT2D eigenvalue weighted by atomic mass is 9.94. The Hall–Kier alpha value is -4.60. The van der Waals surface area contributed by atoms with Crippen molar-refractivity contribution in [3.8, 4) is 11.4 Å². The molecule has 190 valence electrons.